The molecule has 192 valence electrons. The number of hydrogen-bond acceptors (Lipinski definition) is 8. The van der Waals surface area contributed by atoms with Crippen LogP contribution in [0, 0.1) is 6.92 Å². The molecule has 0 aliphatic heterocycles. The lowest BCUT2D eigenvalue weighted by atomic mass is 10.2. The number of ether oxygens (including phenoxy) is 2. The Labute approximate surface area is 215 Å². The standard InChI is InChI=1S/C25H30N4O5S2/c1-6-14-29-23(16-36(31,32)19-11-8-17(3)9-12-19)27-28-25(29)35-22(7-2)24(30)26-20-13-10-18(33-4)15-21(20)34-5/h6,8-13,15,22H,1,7,14,16H2,2-5H3,(H,26,30). The summed E-state index contributed by atoms with van der Waals surface area (Å²) in [4.78, 5) is 13.3. The van der Waals surface area contributed by atoms with Crippen LogP contribution in [-0.4, -0.2) is 48.6 Å². The van der Waals surface area contributed by atoms with Crippen molar-refractivity contribution >= 4 is 33.2 Å². The third kappa shape index (κ3) is 6.46. The van der Waals surface area contributed by atoms with Gasteiger partial charge in [0, 0.05) is 12.6 Å². The summed E-state index contributed by atoms with van der Waals surface area (Å²) < 4.78 is 38.2. The zero-order chi connectivity index (χ0) is 26.3. The van der Waals surface area contributed by atoms with Gasteiger partial charge in [0.2, 0.25) is 5.91 Å². The number of amides is 1. The lowest BCUT2D eigenvalue weighted by Crippen LogP contribution is -2.25. The number of benzene rings is 2. The van der Waals surface area contributed by atoms with E-state index >= 15 is 0 Å². The summed E-state index contributed by atoms with van der Waals surface area (Å²) in [6.07, 6.45) is 2.14. The van der Waals surface area contributed by atoms with Crippen molar-refractivity contribution in [2.45, 2.75) is 47.9 Å². The maximum Gasteiger partial charge on any atom is 0.238 e. The van der Waals surface area contributed by atoms with Crippen LogP contribution in [0.4, 0.5) is 5.69 Å². The first-order valence-corrected chi connectivity index (χ1v) is 13.8. The number of carbonyl (C=O) groups excluding carboxylic acids is 1. The molecule has 0 radical (unpaired) electrons. The quantitative estimate of drug-likeness (QED) is 0.273. The van der Waals surface area contributed by atoms with Crippen molar-refractivity contribution in [3.05, 3.63) is 66.5 Å². The van der Waals surface area contributed by atoms with Crippen molar-refractivity contribution in [1.82, 2.24) is 14.8 Å². The zero-order valence-electron chi connectivity index (χ0n) is 20.7. The van der Waals surface area contributed by atoms with Gasteiger partial charge in [-0.3, -0.25) is 4.79 Å². The smallest absolute Gasteiger partial charge is 0.238 e. The summed E-state index contributed by atoms with van der Waals surface area (Å²) in [5, 5.41) is 11.2. The van der Waals surface area contributed by atoms with Crippen molar-refractivity contribution < 1.29 is 22.7 Å². The minimum Gasteiger partial charge on any atom is -0.497 e. The minimum absolute atomic E-state index is 0.217. The average molecular weight is 531 g/mol. The van der Waals surface area contributed by atoms with Gasteiger partial charge >= 0.3 is 0 Å². The van der Waals surface area contributed by atoms with Crippen molar-refractivity contribution in [1.29, 1.82) is 0 Å². The molecular formula is C25H30N4O5S2. The van der Waals surface area contributed by atoms with Crippen molar-refractivity contribution in [2.75, 3.05) is 19.5 Å². The number of nitrogens with zero attached hydrogens (tertiary/aromatic N) is 3. The van der Waals surface area contributed by atoms with Crippen molar-refractivity contribution in [2.24, 2.45) is 0 Å². The van der Waals surface area contributed by atoms with Gasteiger partial charge in [-0.25, -0.2) is 8.42 Å². The number of rotatable bonds is 12. The van der Waals surface area contributed by atoms with E-state index in [1.54, 1.807) is 60.2 Å². The van der Waals surface area contributed by atoms with Crippen LogP contribution < -0.4 is 14.8 Å². The van der Waals surface area contributed by atoms with Crippen molar-refractivity contribution in [3.63, 3.8) is 0 Å². The van der Waals surface area contributed by atoms with Crippen LogP contribution in [0.5, 0.6) is 11.5 Å². The molecule has 9 nitrogen and oxygen atoms in total. The molecule has 0 aliphatic carbocycles. The Morgan fingerprint density at radius 3 is 2.50 bits per heavy atom. The molecule has 1 heterocycles. The number of anilines is 1. The Morgan fingerprint density at radius 1 is 1.17 bits per heavy atom. The topological polar surface area (TPSA) is 112 Å². The van der Waals surface area contributed by atoms with Crippen LogP contribution in [0.1, 0.15) is 24.7 Å². The average Bonchev–Trinajstić information content (AvgIpc) is 3.23. The molecule has 1 amide bonds. The SMILES string of the molecule is C=CCn1c(CS(=O)(=O)c2ccc(C)cc2)nnc1SC(CC)C(=O)Nc1ccc(OC)cc1OC. The van der Waals surface area contributed by atoms with Crippen LogP contribution in [0.3, 0.4) is 0 Å². The van der Waals surface area contributed by atoms with Crippen molar-refractivity contribution in [3.8, 4) is 11.5 Å². The van der Waals surface area contributed by atoms with E-state index in [1.165, 1.54) is 18.9 Å². The Bertz CT molecular complexity index is 1320. The molecule has 0 aliphatic rings. The first-order chi connectivity index (χ1) is 17.2. The molecule has 3 aromatic rings. The van der Waals surface area contributed by atoms with E-state index in [0.717, 1.165) is 5.56 Å². The molecule has 0 fully saturated rings. The van der Waals surface area contributed by atoms with Gasteiger partial charge in [0.1, 0.15) is 23.1 Å². The fraction of sp³-hybridized carbons (Fsp3) is 0.320. The first kappa shape index (κ1) is 27.3. The molecule has 0 spiro atoms. The largest absolute Gasteiger partial charge is 0.497 e. The summed E-state index contributed by atoms with van der Waals surface area (Å²) in [6, 6.07) is 11.8. The number of methoxy groups -OCH3 is 2. The van der Waals surface area contributed by atoms with Gasteiger partial charge in [-0.1, -0.05) is 42.5 Å². The Morgan fingerprint density at radius 2 is 1.89 bits per heavy atom. The minimum atomic E-state index is -3.63. The summed E-state index contributed by atoms with van der Waals surface area (Å²) in [6.45, 7) is 7.85. The third-order valence-corrected chi connectivity index (χ3v) is 8.36. The number of nitrogens with one attached hydrogen (secondary N) is 1. The van der Waals surface area contributed by atoms with Crippen LogP contribution in [0.2, 0.25) is 0 Å². The Kier molecular flexibility index (Phi) is 9.16. The predicted molar refractivity (Wildman–Crippen MR) is 140 cm³/mol. The molecule has 0 saturated carbocycles. The van der Waals surface area contributed by atoms with Gasteiger partial charge in [0.25, 0.3) is 0 Å². The number of sulfone groups is 1. The number of carbonyl (C=O) groups is 1. The highest BCUT2D eigenvalue weighted by molar-refractivity contribution is 8.00. The van der Waals surface area contributed by atoms with Gasteiger partial charge in [-0.2, -0.15) is 0 Å². The Balaban J connectivity index is 1.81. The van der Waals surface area contributed by atoms with Gasteiger partial charge in [0.05, 0.1) is 30.1 Å². The predicted octanol–water partition coefficient (Wildman–Crippen LogP) is 4.27. The van der Waals surface area contributed by atoms with Gasteiger partial charge in [-0.05, 0) is 37.6 Å². The summed E-state index contributed by atoms with van der Waals surface area (Å²) in [7, 11) is -0.566. The van der Waals surface area contributed by atoms with Gasteiger partial charge in [0.15, 0.2) is 15.0 Å². The molecule has 2 aromatic carbocycles. The normalized spacial score (nSPS) is 12.1. The van der Waals surface area contributed by atoms with E-state index in [4.69, 9.17) is 9.47 Å². The maximum absolute atomic E-state index is 13.1. The molecule has 11 heteroatoms. The van der Waals surface area contributed by atoms with Crippen LogP contribution in [-0.2, 0) is 26.9 Å². The van der Waals surface area contributed by atoms with Crippen LogP contribution >= 0.6 is 11.8 Å². The van der Waals surface area contributed by atoms with E-state index in [1.807, 2.05) is 13.8 Å². The van der Waals surface area contributed by atoms with E-state index in [-0.39, 0.29) is 22.4 Å². The third-order valence-electron chi connectivity index (χ3n) is 5.38. The summed E-state index contributed by atoms with van der Waals surface area (Å²) in [5.74, 6) is 0.805. The molecule has 0 bridgehead atoms. The summed E-state index contributed by atoms with van der Waals surface area (Å²) in [5.41, 5.74) is 1.48. The monoisotopic (exact) mass is 530 g/mol. The van der Waals surface area contributed by atoms with Crippen LogP contribution in [0.15, 0.2) is 65.2 Å². The highest BCUT2D eigenvalue weighted by atomic mass is 32.2. The molecule has 1 aromatic heterocycles. The van der Waals surface area contributed by atoms with Crippen LogP contribution in [0.25, 0.3) is 0 Å². The van der Waals surface area contributed by atoms with E-state index < -0.39 is 15.1 Å². The molecule has 0 saturated heterocycles. The molecule has 3 rings (SSSR count). The molecule has 36 heavy (non-hydrogen) atoms. The second-order valence-corrected chi connectivity index (χ2v) is 11.1. The van der Waals surface area contributed by atoms with E-state index in [2.05, 4.69) is 22.1 Å². The second-order valence-electron chi connectivity index (χ2n) is 7.94. The zero-order valence-corrected chi connectivity index (χ0v) is 22.4. The Hall–Kier alpha value is -3.31. The number of aromatic nitrogens is 3. The number of hydrogen-bond donors (Lipinski definition) is 1. The number of thioether (sulfide) groups is 1. The lowest BCUT2D eigenvalue weighted by Gasteiger charge is -2.17. The first-order valence-electron chi connectivity index (χ1n) is 11.2. The molecule has 1 N–H and O–H groups in total. The lowest BCUT2D eigenvalue weighted by molar-refractivity contribution is -0.115. The highest BCUT2D eigenvalue weighted by Gasteiger charge is 2.26. The van der Waals surface area contributed by atoms with E-state index in [9.17, 15) is 13.2 Å². The van der Waals surface area contributed by atoms with Gasteiger partial charge in [-0.15, -0.1) is 16.8 Å². The summed E-state index contributed by atoms with van der Waals surface area (Å²) >= 11 is 1.22. The number of aryl methyl sites for hydroxylation is 1. The fourth-order valence-electron chi connectivity index (χ4n) is 3.39. The maximum atomic E-state index is 13.1. The highest BCUT2D eigenvalue weighted by Crippen LogP contribution is 2.31. The van der Waals surface area contributed by atoms with Gasteiger partial charge < -0.3 is 19.4 Å². The molecule has 1 atom stereocenters. The van der Waals surface area contributed by atoms with E-state index in [0.29, 0.717) is 35.3 Å². The number of allylic oxidation sites excluding steroid dienone is 1. The second kappa shape index (κ2) is 12.1. The molecule has 1 unspecified atom stereocenters. The fourth-order valence-corrected chi connectivity index (χ4v) is 5.64. The molecular weight excluding hydrogens is 500 g/mol.